The minimum atomic E-state index is -0.303. The molecule has 0 saturated carbocycles. The second-order valence-corrected chi connectivity index (χ2v) is 8.31. The summed E-state index contributed by atoms with van der Waals surface area (Å²) in [5, 5.41) is 2.87. The highest BCUT2D eigenvalue weighted by Crippen LogP contribution is 2.27. The van der Waals surface area contributed by atoms with E-state index in [1.165, 1.54) is 0 Å². The molecule has 2 amide bonds. The first-order valence-corrected chi connectivity index (χ1v) is 10.8. The molecule has 0 aromatic heterocycles. The molecule has 0 saturated heterocycles. The zero-order valence-corrected chi connectivity index (χ0v) is 19.3. The van der Waals surface area contributed by atoms with Crippen molar-refractivity contribution in [2.45, 2.75) is 26.5 Å². The van der Waals surface area contributed by atoms with Gasteiger partial charge in [0.15, 0.2) is 0 Å². The van der Waals surface area contributed by atoms with Crippen molar-refractivity contribution in [1.29, 1.82) is 0 Å². The fourth-order valence-electron chi connectivity index (χ4n) is 3.10. The van der Waals surface area contributed by atoms with E-state index in [1.54, 1.807) is 54.4 Å². The van der Waals surface area contributed by atoms with Gasteiger partial charge in [0.25, 0.3) is 11.8 Å². The normalized spacial score (nSPS) is 10.6. The summed E-state index contributed by atoms with van der Waals surface area (Å²) in [5.41, 5.74) is 2.40. The number of hydrogen-bond donors (Lipinski definition) is 1. The molecule has 3 rings (SSSR count). The number of nitrogens with one attached hydrogen (secondary N) is 1. The smallest absolute Gasteiger partial charge is 0.256 e. The van der Waals surface area contributed by atoms with Gasteiger partial charge in [0, 0.05) is 19.2 Å². The summed E-state index contributed by atoms with van der Waals surface area (Å²) in [6, 6.07) is 22.0. The van der Waals surface area contributed by atoms with E-state index in [-0.39, 0.29) is 17.9 Å². The molecular weight excluding hydrogens is 456 g/mol. The maximum atomic E-state index is 13.0. The zero-order valence-electron chi connectivity index (χ0n) is 17.8. The van der Waals surface area contributed by atoms with E-state index in [0.717, 1.165) is 5.56 Å². The molecule has 5 nitrogen and oxygen atoms in total. The first-order chi connectivity index (χ1) is 14.8. The number of rotatable bonds is 7. The van der Waals surface area contributed by atoms with Crippen LogP contribution in [0.15, 0.2) is 77.3 Å². The van der Waals surface area contributed by atoms with E-state index in [9.17, 15) is 9.59 Å². The van der Waals surface area contributed by atoms with Crippen LogP contribution in [0.25, 0.3) is 0 Å². The summed E-state index contributed by atoms with van der Waals surface area (Å²) >= 11 is 3.45. The second kappa shape index (κ2) is 10.3. The van der Waals surface area contributed by atoms with Gasteiger partial charge in [-0.2, -0.15) is 0 Å². The van der Waals surface area contributed by atoms with E-state index < -0.39 is 0 Å². The molecule has 0 radical (unpaired) electrons. The Morgan fingerprint density at radius 3 is 2.35 bits per heavy atom. The van der Waals surface area contributed by atoms with Crippen molar-refractivity contribution in [3.63, 3.8) is 0 Å². The number of amides is 2. The van der Waals surface area contributed by atoms with Gasteiger partial charge in [-0.3, -0.25) is 9.59 Å². The van der Waals surface area contributed by atoms with Crippen LogP contribution in [0.3, 0.4) is 0 Å². The number of benzene rings is 3. The fourth-order valence-corrected chi connectivity index (χ4v) is 3.57. The Kier molecular flexibility index (Phi) is 7.47. The molecular formula is C25H25BrN2O3. The molecule has 0 heterocycles. The lowest BCUT2D eigenvalue weighted by Crippen LogP contribution is -2.27. The molecule has 0 aliphatic heterocycles. The molecule has 0 aliphatic rings. The van der Waals surface area contributed by atoms with Crippen LogP contribution in [-0.2, 0) is 6.54 Å². The number of anilines is 1. The molecule has 3 aromatic carbocycles. The molecule has 0 bridgehead atoms. The Labute approximate surface area is 191 Å². The van der Waals surface area contributed by atoms with E-state index in [2.05, 4.69) is 21.2 Å². The minimum Gasteiger partial charge on any atom is -0.490 e. The second-order valence-electron chi connectivity index (χ2n) is 7.46. The number of halogens is 1. The molecule has 160 valence electrons. The Balaban J connectivity index is 1.76. The lowest BCUT2D eigenvalue weighted by molar-refractivity contribution is 0.0786. The molecule has 0 atom stereocenters. The van der Waals surface area contributed by atoms with Crippen LogP contribution in [0, 0.1) is 0 Å². The third kappa shape index (κ3) is 5.95. The number of carbonyl (C=O) groups is 2. The maximum absolute atomic E-state index is 13.0. The predicted octanol–water partition coefficient (Wildman–Crippen LogP) is 5.76. The third-order valence-electron chi connectivity index (χ3n) is 4.57. The van der Waals surface area contributed by atoms with Crippen molar-refractivity contribution in [3.8, 4) is 5.75 Å². The topological polar surface area (TPSA) is 58.6 Å². The minimum absolute atomic E-state index is 0.0294. The number of hydrogen-bond acceptors (Lipinski definition) is 3. The summed E-state index contributed by atoms with van der Waals surface area (Å²) in [7, 11) is 1.75. The number of ether oxygens (including phenoxy) is 1. The number of carbonyl (C=O) groups excluding carboxylic acids is 2. The first-order valence-electron chi connectivity index (χ1n) is 10.0. The SMILES string of the molecule is CC(C)Oc1ccc(C(=O)Nc2ccccc2C(=O)N(C)Cc2ccccc2)cc1Br. The number of nitrogens with zero attached hydrogens (tertiary/aromatic N) is 1. The fraction of sp³-hybridized carbons (Fsp3) is 0.200. The standard InChI is InChI=1S/C25H25BrN2O3/c1-17(2)31-23-14-13-19(15-21(23)26)24(29)27-22-12-8-7-11-20(22)25(30)28(3)16-18-9-5-4-6-10-18/h4-15,17H,16H2,1-3H3,(H,27,29). The largest absolute Gasteiger partial charge is 0.490 e. The van der Waals surface area contributed by atoms with Gasteiger partial charge < -0.3 is 15.0 Å². The van der Waals surface area contributed by atoms with Crippen LogP contribution in [0.1, 0.15) is 40.1 Å². The van der Waals surface area contributed by atoms with Crippen LogP contribution in [0.2, 0.25) is 0 Å². The predicted molar refractivity (Wildman–Crippen MR) is 127 cm³/mol. The van der Waals surface area contributed by atoms with Gasteiger partial charge in [0.2, 0.25) is 0 Å². The summed E-state index contributed by atoms with van der Waals surface area (Å²) in [6.45, 7) is 4.36. The van der Waals surface area contributed by atoms with Crippen molar-refractivity contribution in [1.82, 2.24) is 4.90 Å². The Morgan fingerprint density at radius 2 is 1.68 bits per heavy atom. The Hall–Kier alpha value is -3.12. The zero-order chi connectivity index (χ0) is 22.4. The Morgan fingerprint density at radius 1 is 1.00 bits per heavy atom. The molecule has 0 fully saturated rings. The maximum Gasteiger partial charge on any atom is 0.256 e. The van der Waals surface area contributed by atoms with Gasteiger partial charge in [-0.15, -0.1) is 0 Å². The summed E-state index contributed by atoms with van der Waals surface area (Å²) in [6.07, 6.45) is 0.0294. The molecule has 1 N–H and O–H groups in total. The van der Waals surface area contributed by atoms with E-state index >= 15 is 0 Å². The van der Waals surface area contributed by atoms with Gasteiger partial charge in [0.05, 0.1) is 21.8 Å². The van der Waals surface area contributed by atoms with Crippen molar-refractivity contribution >= 4 is 33.4 Å². The highest BCUT2D eigenvalue weighted by atomic mass is 79.9. The Bertz CT molecular complexity index is 1070. The van der Waals surface area contributed by atoms with Gasteiger partial charge in [-0.1, -0.05) is 42.5 Å². The molecule has 3 aromatic rings. The average Bonchev–Trinajstić information content (AvgIpc) is 2.75. The molecule has 0 unspecified atom stereocenters. The van der Waals surface area contributed by atoms with Crippen molar-refractivity contribution < 1.29 is 14.3 Å². The lowest BCUT2D eigenvalue weighted by atomic mass is 10.1. The first kappa shape index (κ1) is 22.6. The van der Waals surface area contributed by atoms with Gasteiger partial charge in [-0.25, -0.2) is 0 Å². The summed E-state index contributed by atoms with van der Waals surface area (Å²) < 4.78 is 6.39. The quantitative estimate of drug-likeness (QED) is 0.467. The highest BCUT2D eigenvalue weighted by molar-refractivity contribution is 9.10. The average molecular weight is 481 g/mol. The van der Waals surface area contributed by atoms with Gasteiger partial charge in [-0.05, 0) is 65.7 Å². The van der Waals surface area contributed by atoms with Crippen molar-refractivity contribution in [2.75, 3.05) is 12.4 Å². The van der Waals surface area contributed by atoms with Crippen LogP contribution in [0.5, 0.6) is 5.75 Å². The summed E-state index contributed by atoms with van der Waals surface area (Å²) in [4.78, 5) is 27.5. The summed E-state index contributed by atoms with van der Waals surface area (Å²) in [5.74, 6) is 0.203. The monoisotopic (exact) mass is 480 g/mol. The lowest BCUT2D eigenvalue weighted by Gasteiger charge is -2.19. The molecule has 0 spiro atoms. The van der Waals surface area contributed by atoms with E-state index in [4.69, 9.17) is 4.74 Å². The third-order valence-corrected chi connectivity index (χ3v) is 5.19. The van der Waals surface area contributed by atoms with Crippen LogP contribution < -0.4 is 10.1 Å². The van der Waals surface area contributed by atoms with Gasteiger partial charge in [0.1, 0.15) is 5.75 Å². The highest BCUT2D eigenvalue weighted by Gasteiger charge is 2.18. The molecule has 0 aliphatic carbocycles. The van der Waals surface area contributed by atoms with Gasteiger partial charge >= 0.3 is 0 Å². The van der Waals surface area contributed by atoms with Crippen molar-refractivity contribution in [2.24, 2.45) is 0 Å². The number of para-hydroxylation sites is 1. The van der Waals surface area contributed by atoms with Crippen LogP contribution >= 0.6 is 15.9 Å². The van der Waals surface area contributed by atoms with Crippen LogP contribution in [-0.4, -0.2) is 29.9 Å². The molecule has 6 heteroatoms. The van der Waals surface area contributed by atoms with Crippen molar-refractivity contribution in [3.05, 3.63) is 94.0 Å². The molecule has 31 heavy (non-hydrogen) atoms. The van der Waals surface area contributed by atoms with E-state index in [1.807, 2.05) is 44.2 Å². The van der Waals surface area contributed by atoms with E-state index in [0.29, 0.717) is 33.6 Å². The van der Waals surface area contributed by atoms with Crippen LogP contribution in [0.4, 0.5) is 5.69 Å².